The minimum atomic E-state index is 0.126. The number of aromatic amines is 1. The number of hydrogen-bond acceptors (Lipinski definition) is 2. The third kappa shape index (κ3) is 2.74. The predicted molar refractivity (Wildman–Crippen MR) is 44.2 cm³/mol. The van der Waals surface area contributed by atoms with E-state index in [4.69, 9.17) is 5.11 Å². The molecule has 0 atom stereocenters. The summed E-state index contributed by atoms with van der Waals surface area (Å²) in [5.41, 5.74) is 1.21. The fourth-order valence-corrected chi connectivity index (χ4v) is 0.905. The van der Waals surface area contributed by atoms with E-state index in [0.717, 1.165) is 13.0 Å². The summed E-state index contributed by atoms with van der Waals surface area (Å²) in [6, 6.07) is 4.03. The van der Waals surface area contributed by atoms with Crippen molar-refractivity contribution in [3.05, 3.63) is 24.0 Å². The molecule has 0 saturated carbocycles. The van der Waals surface area contributed by atoms with Gasteiger partial charge in [0.25, 0.3) is 0 Å². The number of aliphatic hydroxyl groups excluding tert-OH is 1. The number of rotatable bonds is 4. The molecule has 0 aromatic carbocycles. The molecule has 2 N–H and O–H groups in total. The lowest BCUT2D eigenvalue weighted by Gasteiger charge is -2.11. The van der Waals surface area contributed by atoms with Crippen LogP contribution in [0.25, 0.3) is 0 Å². The number of likely N-dealkylation sites (N-methyl/N-ethyl adjacent to an activating group) is 1. The van der Waals surface area contributed by atoms with Gasteiger partial charge >= 0.3 is 0 Å². The van der Waals surface area contributed by atoms with Gasteiger partial charge in [-0.2, -0.15) is 0 Å². The fourth-order valence-electron chi connectivity index (χ4n) is 0.905. The molecule has 1 heterocycles. The van der Waals surface area contributed by atoms with Crippen LogP contribution in [-0.4, -0.2) is 35.3 Å². The molecule has 3 nitrogen and oxygen atoms in total. The van der Waals surface area contributed by atoms with Crippen molar-refractivity contribution >= 4 is 0 Å². The molecule has 11 heavy (non-hydrogen) atoms. The van der Waals surface area contributed by atoms with Gasteiger partial charge in [-0.05, 0) is 19.2 Å². The minimum Gasteiger partial charge on any atom is -0.381 e. The summed E-state index contributed by atoms with van der Waals surface area (Å²) in [7, 11) is 1.89. The van der Waals surface area contributed by atoms with Gasteiger partial charge in [0.2, 0.25) is 0 Å². The van der Waals surface area contributed by atoms with Crippen LogP contribution in [0.1, 0.15) is 5.69 Å². The highest BCUT2D eigenvalue weighted by molar-refractivity contribution is 5.03. The molecule has 0 aliphatic rings. The molecule has 1 aromatic heterocycles. The van der Waals surface area contributed by atoms with Crippen LogP contribution in [0.15, 0.2) is 18.3 Å². The topological polar surface area (TPSA) is 39.3 Å². The van der Waals surface area contributed by atoms with Crippen LogP contribution in [0.2, 0.25) is 0 Å². The fraction of sp³-hybridized carbons (Fsp3) is 0.500. The molecule has 62 valence electrons. The standard InChI is InChI=1S/C8H14N2O/c1-10(7-11)6-4-8-3-2-5-9-8/h2-3,5,9,11H,4,6-7H2,1H3. The molecule has 1 rings (SSSR count). The molecular weight excluding hydrogens is 140 g/mol. The van der Waals surface area contributed by atoms with Gasteiger partial charge in [0.1, 0.15) is 0 Å². The Morgan fingerprint density at radius 3 is 3.00 bits per heavy atom. The first-order valence-corrected chi connectivity index (χ1v) is 3.74. The van der Waals surface area contributed by atoms with E-state index in [1.54, 1.807) is 0 Å². The van der Waals surface area contributed by atoms with E-state index in [1.165, 1.54) is 5.69 Å². The van der Waals surface area contributed by atoms with Crippen LogP contribution >= 0.6 is 0 Å². The van der Waals surface area contributed by atoms with Crippen molar-refractivity contribution in [1.29, 1.82) is 0 Å². The molecule has 0 radical (unpaired) electrons. The molecule has 0 aliphatic carbocycles. The highest BCUT2D eigenvalue weighted by atomic mass is 16.3. The zero-order chi connectivity index (χ0) is 8.10. The lowest BCUT2D eigenvalue weighted by atomic mass is 10.3. The number of H-pyrrole nitrogens is 1. The summed E-state index contributed by atoms with van der Waals surface area (Å²) in [4.78, 5) is 4.97. The summed E-state index contributed by atoms with van der Waals surface area (Å²) in [6.45, 7) is 1.01. The highest BCUT2D eigenvalue weighted by Crippen LogP contribution is 1.96. The Labute approximate surface area is 66.7 Å². The smallest absolute Gasteiger partial charge is 0.0954 e. The van der Waals surface area contributed by atoms with Crippen molar-refractivity contribution in [3.63, 3.8) is 0 Å². The van der Waals surface area contributed by atoms with Gasteiger partial charge in [0.05, 0.1) is 6.73 Å². The number of aliphatic hydroxyl groups is 1. The number of aromatic nitrogens is 1. The molecule has 0 unspecified atom stereocenters. The third-order valence-corrected chi connectivity index (χ3v) is 1.67. The van der Waals surface area contributed by atoms with E-state index in [2.05, 4.69) is 4.98 Å². The molecule has 0 fully saturated rings. The molecule has 0 bridgehead atoms. The summed E-state index contributed by atoms with van der Waals surface area (Å²) in [6.07, 6.45) is 2.87. The largest absolute Gasteiger partial charge is 0.381 e. The summed E-state index contributed by atoms with van der Waals surface area (Å²) >= 11 is 0. The molecule has 0 aliphatic heterocycles. The van der Waals surface area contributed by atoms with Crippen LogP contribution in [-0.2, 0) is 6.42 Å². The molecule has 1 aromatic rings. The van der Waals surface area contributed by atoms with Gasteiger partial charge in [-0.25, -0.2) is 0 Å². The van der Waals surface area contributed by atoms with E-state index in [0.29, 0.717) is 0 Å². The monoisotopic (exact) mass is 154 g/mol. The van der Waals surface area contributed by atoms with Gasteiger partial charge in [-0.3, -0.25) is 4.90 Å². The summed E-state index contributed by atoms with van der Waals surface area (Å²) in [5.74, 6) is 0. The van der Waals surface area contributed by atoms with Gasteiger partial charge in [0.15, 0.2) is 0 Å². The van der Waals surface area contributed by atoms with E-state index < -0.39 is 0 Å². The van der Waals surface area contributed by atoms with Crippen LogP contribution in [0.3, 0.4) is 0 Å². The quantitative estimate of drug-likeness (QED) is 0.618. The van der Waals surface area contributed by atoms with Gasteiger partial charge in [-0.1, -0.05) is 0 Å². The first kappa shape index (κ1) is 8.30. The zero-order valence-corrected chi connectivity index (χ0v) is 6.75. The van der Waals surface area contributed by atoms with Crippen LogP contribution < -0.4 is 0 Å². The van der Waals surface area contributed by atoms with Crippen LogP contribution in [0.5, 0.6) is 0 Å². The number of nitrogens with one attached hydrogen (secondary N) is 1. The molecule has 3 heteroatoms. The maximum atomic E-state index is 8.68. The van der Waals surface area contributed by atoms with E-state index in [-0.39, 0.29) is 6.73 Å². The maximum Gasteiger partial charge on any atom is 0.0954 e. The van der Waals surface area contributed by atoms with Crippen LogP contribution in [0, 0.1) is 0 Å². The van der Waals surface area contributed by atoms with Gasteiger partial charge < -0.3 is 10.1 Å². The maximum absolute atomic E-state index is 8.68. The average Bonchev–Trinajstić information content (AvgIpc) is 2.52. The second-order valence-electron chi connectivity index (χ2n) is 2.67. The molecule has 0 amide bonds. The first-order valence-electron chi connectivity index (χ1n) is 3.74. The Morgan fingerprint density at radius 2 is 2.45 bits per heavy atom. The zero-order valence-electron chi connectivity index (χ0n) is 6.75. The Morgan fingerprint density at radius 1 is 1.64 bits per heavy atom. The van der Waals surface area contributed by atoms with Crippen molar-refractivity contribution in [2.45, 2.75) is 6.42 Å². The van der Waals surface area contributed by atoms with Gasteiger partial charge in [0, 0.05) is 24.9 Å². The second kappa shape index (κ2) is 4.16. The Kier molecular flexibility index (Phi) is 3.14. The molecule has 0 spiro atoms. The number of nitrogens with zero attached hydrogens (tertiary/aromatic N) is 1. The summed E-state index contributed by atoms with van der Waals surface area (Å²) < 4.78 is 0. The Hall–Kier alpha value is -0.800. The van der Waals surface area contributed by atoms with E-state index >= 15 is 0 Å². The predicted octanol–water partition coefficient (Wildman–Crippen LogP) is 0.439. The van der Waals surface area contributed by atoms with Crippen molar-refractivity contribution in [2.24, 2.45) is 0 Å². The summed E-state index contributed by atoms with van der Waals surface area (Å²) in [5, 5.41) is 8.68. The van der Waals surface area contributed by atoms with Gasteiger partial charge in [-0.15, -0.1) is 0 Å². The third-order valence-electron chi connectivity index (χ3n) is 1.67. The van der Waals surface area contributed by atoms with E-state index in [9.17, 15) is 0 Å². The SMILES string of the molecule is CN(CO)CCc1ccc[nH]1. The lowest BCUT2D eigenvalue weighted by Crippen LogP contribution is -2.21. The van der Waals surface area contributed by atoms with E-state index in [1.807, 2.05) is 30.3 Å². The molecule has 0 saturated heterocycles. The van der Waals surface area contributed by atoms with Crippen molar-refractivity contribution in [3.8, 4) is 0 Å². The normalized spacial score (nSPS) is 10.8. The lowest BCUT2D eigenvalue weighted by molar-refractivity contribution is 0.134. The second-order valence-corrected chi connectivity index (χ2v) is 2.67. The number of hydrogen-bond donors (Lipinski definition) is 2. The minimum absolute atomic E-state index is 0.126. The van der Waals surface area contributed by atoms with Crippen molar-refractivity contribution in [1.82, 2.24) is 9.88 Å². The van der Waals surface area contributed by atoms with Crippen molar-refractivity contribution < 1.29 is 5.11 Å². The van der Waals surface area contributed by atoms with Crippen molar-refractivity contribution in [2.75, 3.05) is 20.3 Å². The first-order chi connectivity index (χ1) is 5.33. The Bertz CT molecular complexity index is 184. The van der Waals surface area contributed by atoms with Crippen LogP contribution in [0.4, 0.5) is 0 Å². The average molecular weight is 154 g/mol. The highest BCUT2D eigenvalue weighted by Gasteiger charge is 1.96. The Balaban J connectivity index is 2.23. The molecular formula is C8H14N2O.